The van der Waals surface area contributed by atoms with E-state index in [0.717, 1.165) is 0 Å². The monoisotopic (exact) mass is 276 g/mol. The van der Waals surface area contributed by atoms with Gasteiger partial charge in [-0.3, -0.25) is 20.3 Å². The molecule has 0 aliphatic carbocycles. The highest BCUT2D eigenvalue weighted by Crippen LogP contribution is 2.11. The molecule has 20 heavy (non-hydrogen) atoms. The normalized spacial score (nSPS) is 11.7. The Labute approximate surface area is 116 Å². The number of hydrogen-bond donors (Lipinski definition) is 2. The molecule has 0 saturated carbocycles. The van der Waals surface area contributed by atoms with Crippen molar-refractivity contribution in [2.24, 2.45) is 5.92 Å². The van der Waals surface area contributed by atoms with Gasteiger partial charge in [-0.15, -0.1) is 0 Å². The maximum atomic E-state index is 11.8. The van der Waals surface area contributed by atoms with E-state index in [9.17, 15) is 14.9 Å². The number of nitrogens with zero attached hydrogens (tertiary/aromatic N) is 2. The summed E-state index contributed by atoms with van der Waals surface area (Å²) >= 11 is 0. The van der Waals surface area contributed by atoms with Crippen LogP contribution in [0.5, 0.6) is 0 Å². The van der Waals surface area contributed by atoms with Gasteiger partial charge in [-0.25, -0.2) is 5.43 Å². The fourth-order valence-corrected chi connectivity index (χ4v) is 1.57. The van der Waals surface area contributed by atoms with E-state index in [0.29, 0.717) is 12.3 Å². The Kier molecular flexibility index (Phi) is 5.62. The van der Waals surface area contributed by atoms with Crippen molar-refractivity contribution in [1.82, 2.24) is 10.9 Å². The van der Waals surface area contributed by atoms with Gasteiger partial charge < -0.3 is 0 Å². The third-order valence-electron chi connectivity index (χ3n) is 2.56. The highest BCUT2D eigenvalue weighted by Gasteiger charge is 2.12. The van der Waals surface area contributed by atoms with Crippen LogP contribution in [-0.4, -0.2) is 16.9 Å². The molecule has 1 atom stereocenters. The van der Waals surface area contributed by atoms with Crippen LogP contribution >= 0.6 is 0 Å². The Morgan fingerprint density at radius 3 is 2.45 bits per heavy atom. The molecule has 0 fully saturated rings. The maximum Gasteiger partial charge on any atom is 0.269 e. The summed E-state index contributed by atoms with van der Waals surface area (Å²) in [6.45, 7) is 3.95. The largest absolute Gasteiger partial charge is 0.286 e. The van der Waals surface area contributed by atoms with Gasteiger partial charge in [0.2, 0.25) is 0 Å². The lowest BCUT2D eigenvalue weighted by atomic mass is 10.1. The van der Waals surface area contributed by atoms with Crippen molar-refractivity contribution in [3.8, 4) is 6.07 Å². The van der Waals surface area contributed by atoms with Gasteiger partial charge in [0.05, 0.1) is 11.0 Å². The molecular formula is C13H16N4O3. The second-order valence-electron chi connectivity index (χ2n) is 4.71. The van der Waals surface area contributed by atoms with Gasteiger partial charge in [0.25, 0.3) is 11.6 Å². The molecule has 0 radical (unpaired) electrons. The number of nitrogens with one attached hydrogen (secondary N) is 2. The van der Waals surface area contributed by atoms with Gasteiger partial charge >= 0.3 is 0 Å². The number of carbonyl (C=O) groups excluding carboxylic acids is 1. The van der Waals surface area contributed by atoms with Crippen molar-refractivity contribution in [2.45, 2.75) is 26.3 Å². The molecule has 1 aromatic carbocycles. The Bertz CT molecular complexity index is 519. The Balaban J connectivity index is 2.58. The summed E-state index contributed by atoms with van der Waals surface area (Å²) in [4.78, 5) is 21.7. The molecule has 2 N–H and O–H groups in total. The molecule has 0 heterocycles. The maximum absolute atomic E-state index is 11.8. The summed E-state index contributed by atoms with van der Waals surface area (Å²) in [5.41, 5.74) is 5.27. The standard InChI is InChI=1S/C13H16N4O3/c1-9(2)7-11(8-14)15-16-13(18)10-3-5-12(6-4-10)17(19)20/h3-6,9,11,15H,7H2,1-2H3,(H,16,18)/t11-/m1/s1. The summed E-state index contributed by atoms with van der Waals surface area (Å²) in [7, 11) is 0. The highest BCUT2D eigenvalue weighted by molar-refractivity contribution is 5.94. The van der Waals surface area contributed by atoms with Gasteiger partial charge in [0, 0.05) is 17.7 Å². The molecule has 0 bridgehead atoms. The zero-order valence-corrected chi connectivity index (χ0v) is 11.3. The Morgan fingerprint density at radius 1 is 1.40 bits per heavy atom. The minimum absolute atomic E-state index is 0.0794. The molecule has 106 valence electrons. The van der Waals surface area contributed by atoms with Crippen LogP contribution in [0, 0.1) is 27.4 Å². The van der Waals surface area contributed by atoms with E-state index in [4.69, 9.17) is 5.26 Å². The first-order valence-corrected chi connectivity index (χ1v) is 6.14. The molecule has 7 nitrogen and oxygen atoms in total. The molecule has 0 saturated heterocycles. The van der Waals surface area contributed by atoms with Crippen molar-refractivity contribution < 1.29 is 9.72 Å². The molecule has 0 aliphatic rings. The first kappa shape index (κ1) is 15.6. The molecule has 0 spiro atoms. The molecule has 1 aromatic rings. The molecule has 7 heteroatoms. The van der Waals surface area contributed by atoms with E-state index >= 15 is 0 Å². The topological polar surface area (TPSA) is 108 Å². The van der Waals surface area contributed by atoms with Crippen LogP contribution in [0.25, 0.3) is 0 Å². The van der Waals surface area contributed by atoms with Crippen LogP contribution in [0.15, 0.2) is 24.3 Å². The summed E-state index contributed by atoms with van der Waals surface area (Å²) in [6, 6.07) is 6.80. The number of non-ortho nitro benzene ring substituents is 1. The van der Waals surface area contributed by atoms with Gasteiger partial charge in [-0.1, -0.05) is 13.8 Å². The van der Waals surface area contributed by atoms with Crippen molar-refractivity contribution in [1.29, 1.82) is 5.26 Å². The number of nitro groups is 1. The number of amides is 1. The third kappa shape index (κ3) is 4.66. The first-order chi connectivity index (χ1) is 9.43. The summed E-state index contributed by atoms with van der Waals surface area (Å²) in [6.07, 6.45) is 0.608. The third-order valence-corrected chi connectivity index (χ3v) is 2.56. The zero-order chi connectivity index (χ0) is 15.1. The second kappa shape index (κ2) is 7.21. The Hall–Kier alpha value is -2.46. The van der Waals surface area contributed by atoms with Gasteiger partial charge in [-0.05, 0) is 24.5 Å². The lowest BCUT2D eigenvalue weighted by Gasteiger charge is -2.14. The van der Waals surface area contributed by atoms with Gasteiger partial charge in [0.1, 0.15) is 6.04 Å². The molecule has 0 aliphatic heterocycles. The number of benzene rings is 1. The lowest BCUT2D eigenvalue weighted by molar-refractivity contribution is -0.384. The van der Waals surface area contributed by atoms with E-state index in [1.54, 1.807) is 0 Å². The number of hydrazine groups is 1. The average molecular weight is 276 g/mol. The van der Waals surface area contributed by atoms with Crippen LogP contribution in [0.2, 0.25) is 0 Å². The molecule has 0 aromatic heterocycles. The number of nitriles is 1. The van der Waals surface area contributed by atoms with Crippen LogP contribution in [0.3, 0.4) is 0 Å². The van der Waals surface area contributed by atoms with Crippen LogP contribution in [0.4, 0.5) is 5.69 Å². The van der Waals surface area contributed by atoms with E-state index in [2.05, 4.69) is 10.9 Å². The van der Waals surface area contributed by atoms with Crippen LogP contribution in [0.1, 0.15) is 30.6 Å². The quantitative estimate of drug-likeness (QED) is 0.608. The summed E-state index contributed by atoms with van der Waals surface area (Å²) < 4.78 is 0. The highest BCUT2D eigenvalue weighted by atomic mass is 16.6. The average Bonchev–Trinajstić information content (AvgIpc) is 2.42. The SMILES string of the molecule is CC(C)C[C@H](C#N)NNC(=O)c1ccc([N+](=O)[O-])cc1. The number of hydrogen-bond acceptors (Lipinski definition) is 5. The molecule has 0 unspecified atom stereocenters. The van der Waals surface area contributed by atoms with Gasteiger partial charge in [-0.2, -0.15) is 5.26 Å². The summed E-state index contributed by atoms with van der Waals surface area (Å²) in [5, 5.41) is 19.4. The second-order valence-corrected chi connectivity index (χ2v) is 4.71. The molecule has 1 amide bonds. The molecular weight excluding hydrogens is 260 g/mol. The van der Waals surface area contributed by atoms with Crippen molar-refractivity contribution in [2.75, 3.05) is 0 Å². The number of carbonyl (C=O) groups is 1. The van der Waals surface area contributed by atoms with E-state index in [1.807, 2.05) is 19.9 Å². The minimum Gasteiger partial charge on any atom is -0.286 e. The smallest absolute Gasteiger partial charge is 0.269 e. The predicted octanol–water partition coefficient (Wildman–Crippen LogP) is 1.77. The first-order valence-electron chi connectivity index (χ1n) is 6.14. The summed E-state index contributed by atoms with van der Waals surface area (Å²) in [5.74, 6) is -0.118. The van der Waals surface area contributed by atoms with Crippen molar-refractivity contribution in [3.63, 3.8) is 0 Å². The molecule has 1 rings (SSSR count). The number of nitro benzene ring substituents is 1. The van der Waals surface area contributed by atoms with Crippen LogP contribution in [-0.2, 0) is 0 Å². The zero-order valence-electron chi connectivity index (χ0n) is 11.3. The minimum atomic E-state index is -0.533. The van der Waals surface area contributed by atoms with E-state index < -0.39 is 16.9 Å². The fraction of sp³-hybridized carbons (Fsp3) is 0.385. The fourth-order valence-electron chi connectivity index (χ4n) is 1.57. The van der Waals surface area contributed by atoms with E-state index in [-0.39, 0.29) is 11.3 Å². The van der Waals surface area contributed by atoms with Crippen molar-refractivity contribution >= 4 is 11.6 Å². The lowest BCUT2D eigenvalue weighted by Crippen LogP contribution is -2.44. The van der Waals surface area contributed by atoms with Crippen LogP contribution < -0.4 is 10.9 Å². The van der Waals surface area contributed by atoms with Gasteiger partial charge in [0.15, 0.2) is 0 Å². The van der Waals surface area contributed by atoms with Crippen molar-refractivity contribution in [3.05, 3.63) is 39.9 Å². The van der Waals surface area contributed by atoms with E-state index in [1.165, 1.54) is 24.3 Å². The number of rotatable bonds is 6. The predicted molar refractivity (Wildman–Crippen MR) is 72.6 cm³/mol. The Morgan fingerprint density at radius 2 is 2.00 bits per heavy atom.